The van der Waals surface area contributed by atoms with Crippen LogP contribution in [-0.4, -0.2) is 12.0 Å². The second kappa shape index (κ2) is 5.34. The van der Waals surface area contributed by atoms with Crippen LogP contribution in [0.2, 0.25) is 5.02 Å². The maximum atomic E-state index is 13.8. The van der Waals surface area contributed by atoms with E-state index < -0.39 is 0 Å². The molecule has 1 atom stereocenters. The fourth-order valence-corrected chi connectivity index (χ4v) is 3.03. The molecule has 0 saturated carbocycles. The van der Waals surface area contributed by atoms with E-state index in [0.717, 1.165) is 10.6 Å². The first-order valence-electron chi connectivity index (χ1n) is 5.63. The maximum absolute atomic E-state index is 13.8. The highest BCUT2D eigenvalue weighted by Gasteiger charge is 2.16. The molecule has 1 heterocycles. The molecule has 18 heavy (non-hydrogen) atoms. The van der Waals surface area contributed by atoms with Gasteiger partial charge in [0.05, 0.1) is 5.69 Å². The summed E-state index contributed by atoms with van der Waals surface area (Å²) in [6.07, 6.45) is 0. The van der Waals surface area contributed by atoms with E-state index in [4.69, 9.17) is 11.6 Å². The van der Waals surface area contributed by atoms with E-state index in [-0.39, 0.29) is 11.9 Å². The number of thiazole rings is 1. The highest BCUT2D eigenvalue weighted by atomic mass is 35.5. The summed E-state index contributed by atoms with van der Waals surface area (Å²) in [5, 5.41) is 4.35. The van der Waals surface area contributed by atoms with Gasteiger partial charge in [-0.15, -0.1) is 11.3 Å². The minimum Gasteiger partial charge on any atom is -0.312 e. The summed E-state index contributed by atoms with van der Waals surface area (Å²) in [7, 11) is 1.89. The van der Waals surface area contributed by atoms with Gasteiger partial charge in [-0.2, -0.15) is 0 Å². The highest BCUT2D eigenvalue weighted by molar-refractivity contribution is 7.15. The second-order valence-electron chi connectivity index (χ2n) is 4.10. The minimum atomic E-state index is -0.295. The lowest BCUT2D eigenvalue weighted by molar-refractivity contribution is 0.631. The number of aromatic nitrogens is 1. The van der Waals surface area contributed by atoms with E-state index in [9.17, 15) is 4.39 Å². The average Bonchev–Trinajstić information content (AvgIpc) is 2.73. The number of nitrogens with zero attached hydrogens (tertiary/aromatic N) is 1. The van der Waals surface area contributed by atoms with Crippen molar-refractivity contribution in [3.8, 4) is 10.6 Å². The number of rotatable bonds is 3. The van der Waals surface area contributed by atoms with Gasteiger partial charge in [-0.1, -0.05) is 11.6 Å². The van der Waals surface area contributed by atoms with E-state index in [1.165, 1.54) is 23.5 Å². The lowest BCUT2D eigenvalue weighted by Crippen LogP contribution is -2.11. The molecule has 0 bridgehead atoms. The lowest BCUT2D eigenvalue weighted by atomic mass is 10.2. The van der Waals surface area contributed by atoms with Crippen LogP contribution in [0.25, 0.3) is 10.6 Å². The van der Waals surface area contributed by atoms with Crippen molar-refractivity contribution in [1.82, 2.24) is 10.3 Å². The van der Waals surface area contributed by atoms with Crippen LogP contribution in [-0.2, 0) is 0 Å². The third kappa shape index (κ3) is 2.55. The van der Waals surface area contributed by atoms with Crippen LogP contribution < -0.4 is 5.32 Å². The zero-order chi connectivity index (χ0) is 13.3. The molecule has 0 aliphatic rings. The van der Waals surface area contributed by atoms with Gasteiger partial charge in [0.2, 0.25) is 0 Å². The van der Waals surface area contributed by atoms with Crippen LogP contribution in [0.5, 0.6) is 0 Å². The zero-order valence-electron chi connectivity index (χ0n) is 10.4. The standard InChI is InChI=1S/C13H14ClFN2S/c1-7(16-3)12-8(2)17-13(18-12)10-6-9(14)4-5-11(10)15/h4-7,16H,1-3H3. The zero-order valence-corrected chi connectivity index (χ0v) is 12.0. The summed E-state index contributed by atoms with van der Waals surface area (Å²) >= 11 is 7.40. The number of hydrogen-bond donors (Lipinski definition) is 1. The normalized spacial score (nSPS) is 12.7. The van der Waals surface area contributed by atoms with Crippen molar-refractivity contribution in [2.24, 2.45) is 0 Å². The van der Waals surface area contributed by atoms with Gasteiger partial charge in [0.15, 0.2) is 0 Å². The fourth-order valence-electron chi connectivity index (χ4n) is 1.72. The van der Waals surface area contributed by atoms with Gasteiger partial charge in [-0.25, -0.2) is 9.37 Å². The number of nitrogens with one attached hydrogen (secondary N) is 1. The molecule has 0 spiro atoms. The first kappa shape index (κ1) is 13.5. The topological polar surface area (TPSA) is 24.9 Å². The largest absolute Gasteiger partial charge is 0.312 e. The third-order valence-electron chi connectivity index (χ3n) is 2.82. The van der Waals surface area contributed by atoms with Crippen LogP contribution in [0.3, 0.4) is 0 Å². The molecule has 0 aliphatic carbocycles. The van der Waals surface area contributed by atoms with Gasteiger partial charge >= 0.3 is 0 Å². The van der Waals surface area contributed by atoms with Gasteiger partial charge in [0, 0.05) is 21.5 Å². The van der Waals surface area contributed by atoms with E-state index in [2.05, 4.69) is 17.2 Å². The molecular formula is C13H14ClFN2S. The smallest absolute Gasteiger partial charge is 0.133 e. The predicted octanol–water partition coefficient (Wildman–Crippen LogP) is 4.19. The fraction of sp³-hybridized carbons (Fsp3) is 0.308. The molecule has 1 N–H and O–H groups in total. The van der Waals surface area contributed by atoms with Crippen molar-refractivity contribution >= 4 is 22.9 Å². The Labute approximate surface area is 115 Å². The monoisotopic (exact) mass is 284 g/mol. The summed E-state index contributed by atoms with van der Waals surface area (Å²) in [4.78, 5) is 5.55. The van der Waals surface area contributed by atoms with Crippen molar-refractivity contribution in [3.05, 3.63) is 39.6 Å². The summed E-state index contributed by atoms with van der Waals surface area (Å²) in [6.45, 7) is 3.99. The molecule has 2 nitrogen and oxygen atoms in total. The summed E-state index contributed by atoms with van der Waals surface area (Å²) in [5.41, 5.74) is 1.39. The van der Waals surface area contributed by atoms with Crippen molar-refractivity contribution in [2.75, 3.05) is 7.05 Å². The second-order valence-corrected chi connectivity index (χ2v) is 5.57. The molecule has 2 rings (SSSR count). The van der Waals surface area contributed by atoms with Gasteiger partial charge in [-0.3, -0.25) is 0 Å². The third-order valence-corrected chi connectivity index (χ3v) is 4.43. The molecular weight excluding hydrogens is 271 g/mol. The molecule has 2 aromatic rings. The van der Waals surface area contributed by atoms with Crippen LogP contribution >= 0.6 is 22.9 Å². The predicted molar refractivity (Wildman–Crippen MR) is 74.7 cm³/mol. The summed E-state index contributed by atoms with van der Waals surface area (Å²) in [6, 6.07) is 4.73. The number of halogens is 2. The van der Waals surface area contributed by atoms with Crippen molar-refractivity contribution in [2.45, 2.75) is 19.9 Å². The maximum Gasteiger partial charge on any atom is 0.133 e. The van der Waals surface area contributed by atoms with E-state index in [0.29, 0.717) is 15.6 Å². The molecule has 1 aromatic heterocycles. The van der Waals surface area contributed by atoms with Crippen LogP contribution in [0.15, 0.2) is 18.2 Å². The number of aryl methyl sites for hydroxylation is 1. The Morgan fingerprint density at radius 3 is 2.83 bits per heavy atom. The number of hydrogen-bond acceptors (Lipinski definition) is 3. The molecule has 5 heteroatoms. The molecule has 96 valence electrons. The number of benzene rings is 1. The molecule has 0 saturated heterocycles. The van der Waals surface area contributed by atoms with Crippen molar-refractivity contribution in [1.29, 1.82) is 0 Å². The first-order chi connectivity index (χ1) is 8.52. The van der Waals surface area contributed by atoms with Gasteiger partial charge in [-0.05, 0) is 39.1 Å². The summed E-state index contributed by atoms with van der Waals surface area (Å²) in [5.74, 6) is -0.295. The minimum absolute atomic E-state index is 0.207. The van der Waals surface area contributed by atoms with Gasteiger partial charge in [0.1, 0.15) is 10.8 Å². The molecule has 1 unspecified atom stereocenters. The molecule has 0 aliphatic heterocycles. The SMILES string of the molecule is CNC(C)c1sc(-c2cc(Cl)ccc2F)nc1C. The lowest BCUT2D eigenvalue weighted by Gasteiger charge is -2.07. The Morgan fingerprint density at radius 1 is 1.44 bits per heavy atom. The summed E-state index contributed by atoms with van der Waals surface area (Å²) < 4.78 is 13.8. The van der Waals surface area contributed by atoms with Crippen LogP contribution in [0.4, 0.5) is 4.39 Å². The molecule has 0 radical (unpaired) electrons. The average molecular weight is 285 g/mol. The van der Waals surface area contributed by atoms with Crippen LogP contribution in [0, 0.1) is 12.7 Å². The van der Waals surface area contributed by atoms with Crippen LogP contribution in [0.1, 0.15) is 23.5 Å². The van der Waals surface area contributed by atoms with Gasteiger partial charge in [0.25, 0.3) is 0 Å². The molecule has 1 aromatic carbocycles. The van der Waals surface area contributed by atoms with E-state index in [1.54, 1.807) is 6.07 Å². The highest BCUT2D eigenvalue weighted by Crippen LogP contribution is 2.34. The molecule has 0 amide bonds. The van der Waals surface area contributed by atoms with Crippen molar-refractivity contribution in [3.63, 3.8) is 0 Å². The Bertz CT molecular complexity index is 568. The van der Waals surface area contributed by atoms with E-state index >= 15 is 0 Å². The quantitative estimate of drug-likeness (QED) is 0.914. The Morgan fingerprint density at radius 2 is 2.17 bits per heavy atom. The first-order valence-corrected chi connectivity index (χ1v) is 6.82. The Hall–Kier alpha value is -0.970. The molecule has 0 fully saturated rings. The van der Waals surface area contributed by atoms with Gasteiger partial charge < -0.3 is 5.32 Å². The Balaban J connectivity index is 2.49. The Kier molecular flexibility index (Phi) is 4.00. The van der Waals surface area contributed by atoms with Crippen molar-refractivity contribution < 1.29 is 4.39 Å². The van der Waals surface area contributed by atoms with E-state index in [1.807, 2.05) is 14.0 Å².